The summed E-state index contributed by atoms with van der Waals surface area (Å²) in [5, 5.41) is 4.40. The van der Waals surface area contributed by atoms with Gasteiger partial charge in [0.05, 0.1) is 5.52 Å². The average molecular weight is 265 g/mol. The molecule has 0 radical (unpaired) electrons. The van der Waals surface area contributed by atoms with E-state index in [4.69, 9.17) is 0 Å². The van der Waals surface area contributed by atoms with Gasteiger partial charge in [-0.3, -0.25) is 0 Å². The molecule has 0 unspecified atom stereocenters. The van der Waals surface area contributed by atoms with Crippen LogP contribution in [-0.4, -0.2) is 11.5 Å². The molecule has 78 valence electrons. The van der Waals surface area contributed by atoms with E-state index in [1.807, 2.05) is 6.07 Å². The molecule has 0 amide bonds. The molecule has 0 spiro atoms. The van der Waals surface area contributed by atoms with E-state index >= 15 is 0 Å². The Balaban J connectivity index is 2.63. The van der Waals surface area contributed by atoms with Crippen LogP contribution in [0, 0.1) is 6.92 Å². The fourth-order valence-electron chi connectivity index (χ4n) is 1.59. The lowest BCUT2D eigenvalue weighted by atomic mass is 10.1. The molecule has 1 aromatic carbocycles. The largest absolute Gasteiger partial charge is 0.370 e. The molecule has 1 N–H and O–H groups in total. The predicted molar refractivity (Wildman–Crippen MR) is 68.3 cm³/mol. The molecule has 1 heterocycles. The van der Waals surface area contributed by atoms with E-state index in [1.54, 1.807) is 0 Å². The van der Waals surface area contributed by atoms with Crippen molar-refractivity contribution >= 4 is 32.7 Å². The van der Waals surface area contributed by atoms with Crippen molar-refractivity contribution in [2.75, 3.05) is 11.9 Å². The number of pyridine rings is 1. The van der Waals surface area contributed by atoms with Gasteiger partial charge in [-0.25, -0.2) is 4.98 Å². The minimum atomic E-state index is 0.894. The molecule has 0 aliphatic carbocycles. The third-order valence-electron chi connectivity index (χ3n) is 2.41. The Labute approximate surface area is 97.8 Å². The van der Waals surface area contributed by atoms with Crippen molar-refractivity contribution in [1.29, 1.82) is 0 Å². The molecule has 0 fully saturated rings. The topological polar surface area (TPSA) is 24.9 Å². The lowest BCUT2D eigenvalue weighted by Gasteiger charge is -2.07. The zero-order valence-electron chi connectivity index (χ0n) is 8.84. The summed E-state index contributed by atoms with van der Waals surface area (Å²) >= 11 is 3.52. The number of fused-ring (bicyclic) bond motifs is 1. The van der Waals surface area contributed by atoms with Gasteiger partial charge in [0.2, 0.25) is 0 Å². The van der Waals surface area contributed by atoms with Crippen molar-refractivity contribution in [3.8, 4) is 0 Å². The molecule has 1 aromatic heterocycles. The van der Waals surface area contributed by atoms with E-state index in [0.29, 0.717) is 0 Å². The Hall–Kier alpha value is -1.09. The van der Waals surface area contributed by atoms with Gasteiger partial charge >= 0.3 is 0 Å². The minimum Gasteiger partial charge on any atom is -0.370 e. The van der Waals surface area contributed by atoms with E-state index in [0.717, 1.165) is 22.4 Å². The van der Waals surface area contributed by atoms with Crippen LogP contribution >= 0.6 is 15.9 Å². The first-order valence-electron chi connectivity index (χ1n) is 5.02. The highest BCUT2D eigenvalue weighted by atomic mass is 79.9. The number of aromatic nitrogens is 1. The molecular formula is C12H13BrN2. The summed E-state index contributed by atoms with van der Waals surface area (Å²) in [4.78, 5) is 4.58. The molecule has 2 aromatic rings. The summed E-state index contributed by atoms with van der Waals surface area (Å²) < 4.78 is 1.11. The maximum Gasteiger partial charge on any atom is 0.126 e. The van der Waals surface area contributed by atoms with Crippen molar-refractivity contribution in [1.82, 2.24) is 4.98 Å². The Bertz CT molecular complexity index is 494. The van der Waals surface area contributed by atoms with Crippen LogP contribution in [0.5, 0.6) is 0 Å². The molecule has 0 saturated heterocycles. The van der Waals surface area contributed by atoms with Gasteiger partial charge in [-0.05, 0) is 37.6 Å². The maximum atomic E-state index is 4.58. The number of nitrogens with zero attached hydrogens (tertiary/aromatic N) is 1. The normalized spacial score (nSPS) is 10.6. The molecule has 0 atom stereocenters. The number of hydrogen-bond acceptors (Lipinski definition) is 2. The van der Waals surface area contributed by atoms with Gasteiger partial charge in [0.15, 0.2) is 0 Å². The number of rotatable bonds is 2. The van der Waals surface area contributed by atoms with Crippen LogP contribution in [0.25, 0.3) is 10.9 Å². The second kappa shape index (κ2) is 4.19. The second-order valence-corrected chi connectivity index (χ2v) is 4.33. The van der Waals surface area contributed by atoms with Crippen molar-refractivity contribution in [2.24, 2.45) is 0 Å². The van der Waals surface area contributed by atoms with Crippen molar-refractivity contribution in [3.63, 3.8) is 0 Å². The first-order chi connectivity index (χ1) is 7.22. The van der Waals surface area contributed by atoms with Crippen LogP contribution in [0.1, 0.15) is 12.5 Å². The first-order valence-corrected chi connectivity index (χ1v) is 5.81. The van der Waals surface area contributed by atoms with E-state index in [9.17, 15) is 0 Å². The number of anilines is 1. The lowest BCUT2D eigenvalue weighted by Crippen LogP contribution is -1.99. The second-order valence-electron chi connectivity index (χ2n) is 3.47. The van der Waals surface area contributed by atoms with Gasteiger partial charge < -0.3 is 5.32 Å². The smallest absolute Gasteiger partial charge is 0.126 e. The van der Waals surface area contributed by atoms with Crippen LogP contribution in [0.3, 0.4) is 0 Å². The third-order valence-corrected chi connectivity index (χ3v) is 3.27. The van der Waals surface area contributed by atoms with Crippen LogP contribution in [0.4, 0.5) is 5.82 Å². The van der Waals surface area contributed by atoms with Crippen molar-refractivity contribution in [2.45, 2.75) is 13.8 Å². The zero-order chi connectivity index (χ0) is 10.8. The van der Waals surface area contributed by atoms with Crippen molar-refractivity contribution in [3.05, 3.63) is 34.3 Å². The molecule has 2 rings (SSSR count). The maximum absolute atomic E-state index is 4.58. The quantitative estimate of drug-likeness (QED) is 0.894. The summed E-state index contributed by atoms with van der Waals surface area (Å²) in [7, 11) is 0. The lowest BCUT2D eigenvalue weighted by molar-refractivity contribution is 1.17. The minimum absolute atomic E-state index is 0.894. The van der Waals surface area contributed by atoms with E-state index < -0.39 is 0 Å². The first kappa shape index (κ1) is 10.4. The number of halogens is 1. The van der Waals surface area contributed by atoms with E-state index in [1.165, 1.54) is 10.9 Å². The van der Waals surface area contributed by atoms with Crippen LogP contribution < -0.4 is 5.32 Å². The molecule has 0 aliphatic heterocycles. The van der Waals surface area contributed by atoms with Crippen LogP contribution in [0.2, 0.25) is 0 Å². The molecule has 0 bridgehead atoms. The highest BCUT2D eigenvalue weighted by Crippen LogP contribution is 2.25. The molecule has 2 nitrogen and oxygen atoms in total. The van der Waals surface area contributed by atoms with Gasteiger partial charge in [0.25, 0.3) is 0 Å². The highest BCUT2D eigenvalue weighted by Gasteiger charge is 2.03. The van der Waals surface area contributed by atoms with Gasteiger partial charge in [-0.1, -0.05) is 22.0 Å². The summed E-state index contributed by atoms with van der Waals surface area (Å²) in [5.41, 5.74) is 2.25. The van der Waals surface area contributed by atoms with Gasteiger partial charge in [0.1, 0.15) is 5.82 Å². The van der Waals surface area contributed by atoms with Gasteiger partial charge in [0, 0.05) is 16.4 Å². The highest BCUT2D eigenvalue weighted by molar-refractivity contribution is 9.10. The molecule has 15 heavy (non-hydrogen) atoms. The summed E-state index contributed by atoms with van der Waals surface area (Å²) in [6.07, 6.45) is 0. The molecule has 0 aliphatic rings. The van der Waals surface area contributed by atoms with Crippen LogP contribution in [-0.2, 0) is 0 Å². The number of aryl methyl sites for hydroxylation is 1. The standard InChI is InChI=1S/C12H13BrN2/c1-3-14-11-7-5-9-4-6-10(13)8(2)12(9)15-11/h4-7H,3H2,1-2H3,(H,14,15). The SMILES string of the molecule is CCNc1ccc2ccc(Br)c(C)c2n1. The van der Waals surface area contributed by atoms with E-state index in [-0.39, 0.29) is 0 Å². The number of nitrogens with one attached hydrogen (secondary N) is 1. The summed E-state index contributed by atoms with van der Waals surface area (Å²) in [6, 6.07) is 8.25. The Morgan fingerprint density at radius 3 is 2.73 bits per heavy atom. The van der Waals surface area contributed by atoms with Gasteiger partial charge in [-0.15, -0.1) is 0 Å². The molecule has 0 saturated carbocycles. The Kier molecular flexibility index (Phi) is 2.91. The van der Waals surface area contributed by atoms with Crippen molar-refractivity contribution < 1.29 is 0 Å². The van der Waals surface area contributed by atoms with Crippen LogP contribution in [0.15, 0.2) is 28.7 Å². The number of benzene rings is 1. The molecule has 3 heteroatoms. The van der Waals surface area contributed by atoms with Gasteiger partial charge in [-0.2, -0.15) is 0 Å². The predicted octanol–water partition coefficient (Wildman–Crippen LogP) is 3.74. The monoisotopic (exact) mass is 264 g/mol. The third kappa shape index (κ3) is 1.97. The number of hydrogen-bond donors (Lipinski definition) is 1. The van der Waals surface area contributed by atoms with E-state index in [2.05, 4.69) is 58.3 Å². The summed E-state index contributed by atoms with van der Waals surface area (Å²) in [6.45, 7) is 5.04. The molecular weight excluding hydrogens is 252 g/mol. The fourth-order valence-corrected chi connectivity index (χ4v) is 1.91. The fraction of sp³-hybridized carbons (Fsp3) is 0.250. The summed E-state index contributed by atoms with van der Waals surface area (Å²) in [5.74, 6) is 0.936. The Morgan fingerprint density at radius 2 is 2.00 bits per heavy atom. The zero-order valence-corrected chi connectivity index (χ0v) is 10.4. The average Bonchev–Trinajstić information content (AvgIpc) is 2.25. The Morgan fingerprint density at radius 1 is 1.27 bits per heavy atom.